The first-order valence-corrected chi connectivity index (χ1v) is 6.72. The van der Waals surface area contributed by atoms with E-state index in [1.165, 1.54) is 5.56 Å². The summed E-state index contributed by atoms with van der Waals surface area (Å²) in [6, 6.07) is 5.93. The summed E-state index contributed by atoms with van der Waals surface area (Å²) in [5.74, 6) is 0.901. The van der Waals surface area contributed by atoms with Gasteiger partial charge < -0.3 is 14.6 Å². The van der Waals surface area contributed by atoms with Crippen LogP contribution in [0.5, 0.6) is 5.75 Å². The molecule has 0 amide bonds. The number of fused-ring (bicyclic) bond motifs is 1. The lowest BCUT2D eigenvalue weighted by atomic mass is 9.89. The molecule has 0 heterocycles. The highest BCUT2D eigenvalue weighted by Gasteiger charge is 2.20. The lowest BCUT2D eigenvalue weighted by Crippen LogP contribution is -2.14. The SMILES string of the molecule is CC(C)OCCOc1cccc2c1CCCC2O. The molecule has 3 nitrogen and oxygen atoms in total. The van der Waals surface area contributed by atoms with Crippen molar-refractivity contribution in [2.75, 3.05) is 13.2 Å². The first-order chi connectivity index (χ1) is 8.68. The molecule has 0 radical (unpaired) electrons. The highest BCUT2D eigenvalue weighted by Crippen LogP contribution is 2.35. The molecule has 0 saturated carbocycles. The van der Waals surface area contributed by atoms with Crippen molar-refractivity contribution in [1.82, 2.24) is 0 Å². The molecule has 100 valence electrons. The number of aliphatic hydroxyl groups excluding tert-OH is 1. The molecule has 1 aromatic rings. The van der Waals surface area contributed by atoms with Gasteiger partial charge >= 0.3 is 0 Å². The quantitative estimate of drug-likeness (QED) is 0.817. The molecule has 0 saturated heterocycles. The molecule has 3 heteroatoms. The van der Waals surface area contributed by atoms with E-state index in [0.29, 0.717) is 13.2 Å². The fourth-order valence-corrected chi connectivity index (χ4v) is 2.36. The summed E-state index contributed by atoms with van der Waals surface area (Å²) < 4.78 is 11.2. The zero-order chi connectivity index (χ0) is 13.0. The van der Waals surface area contributed by atoms with Gasteiger partial charge in [-0.1, -0.05) is 12.1 Å². The molecule has 1 aliphatic carbocycles. The number of aliphatic hydroxyl groups is 1. The van der Waals surface area contributed by atoms with Gasteiger partial charge in [0.2, 0.25) is 0 Å². The van der Waals surface area contributed by atoms with Crippen LogP contribution in [0.1, 0.15) is 43.9 Å². The van der Waals surface area contributed by atoms with Gasteiger partial charge in [0.15, 0.2) is 0 Å². The Morgan fingerprint density at radius 2 is 2.17 bits per heavy atom. The molecule has 0 fully saturated rings. The van der Waals surface area contributed by atoms with Crippen LogP contribution in [-0.2, 0) is 11.2 Å². The number of hydrogen-bond acceptors (Lipinski definition) is 3. The second-order valence-corrected chi connectivity index (χ2v) is 5.00. The van der Waals surface area contributed by atoms with E-state index in [1.54, 1.807) is 0 Å². The van der Waals surface area contributed by atoms with Crippen LogP contribution in [0.4, 0.5) is 0 Å². The highest BCUT2D eigenvalue weighted by molar-refractivity contribution is 5.42. The molecule has 0 aromatic heterocycles. The first-order valence-electron chi connectivity index (χ1n) is 6.72. The third-order valence-electron chi connectivity index (χ3n) is 3.22. The van der Waals surface area contributed by atoms with E-state index >= 15 is 0 Å². The van der Waals surface area contributed by atoms with E-state index in [9.17, 15) is 5.11 Å². The second kappa shape index (κ2) is 6.21. The van der Waals surface area contributed by atoms with Crippen molar-refractivity contribution in [1.29, 1.82) is 0 Å². The molecule has 1 N–H and O–H groups in total. The average Bonchev–Trinajstić information content (AvgIpc) is 2.35. The molecule has 1 aromatic carbocycles. The Kier molecular flexibility index (Phi) is 4.61. The summed E-state index contributed by atoms with van der Waals surface area (Å²) in [5.41, 5.74) is 2.20. The smallest absolute Gasteiger partial charge is 0.122 e. The minimum absolute atomic E-state index is 0.236. The largest absolute Gasteiger partial charge is 0.491 e. The van der Waals surface area contributed by atoms with Gasteiger partial charge in [-0.25, -0.2) is 0 Å². The van der Waals surface area contributed by atoms with Crippen LogP contribution in [0, 0.1) is 0 Å². The van der Waals surface area contributed by atoms with E-state index in [4.69, 9.17) is 9.47 Å². The van der Waals surface area contributed by atoms with E-state index in [2.05, 4.69) is 0 Å². The summed E-state index contributed by atoms with van der Waals surface area (Å²) in [6.45, 7) is 5.19. The summed E-state index contributed by atoms with van der Waals surface area (Å²) in [7, 11) is 0. The summed E-state index contributed by atoms with van der Waals surface area (Å²) in [4.78, 5) is 0. The summed E-state index contributed by atoms with van der Waals surface area (Å²) in [5, 5.41) is 9.95. The maximum atomic E-state index is 9.95. The van der Waals surface area contributed by atoms with Gasteiger partial charge in [0.05, 0.1) is 18.8 Å². The van der Waals surface area contributed by atoms with Crippen molar-refractivity contribution in [2.24, 2.45) is 0 Å². The predicted molar refractivity (Wildman–Crippen MR) is 70.9 cm³/mol. The highest BCUT2D eigenvalue weighted by atomic mass is 16.5. The van der Waals surface area contributed by atoms with Gasteiger partial charge in [-0.05, 0) is 50.3 Å². The zero-order valence-corrected chi connectivity index (χ0v) is 11.2. The number of ether oxygens (including phenoxy) is 2. The Morgan fingerprint density at radius 3 is 2.94 bits per heavy atom. The van der Waals surface area contributed by atoms with Crippen LogP contribution in [0.2, 0.25) is 0 Å². The van der Waals surface area contributed by atoms with Gasteiger partial charge in [0, 0.05) is 0 Å². The maximum absolute atomic E-state index is 9.95. The molecule has 18 heavy (non-hydrogen) atoms. The molecule has 1 atom stereocenters. The molecule has 0 spiro atoms. The van der Waals surface area contributed by atoms with Gasteiger partial charge in [0.1, 0.15) is 12.4 Å². The van der Waals surface area contributed by atoms with Crippen LogP contribution in [0.15, 0.2) is 18.2 Å². The number of hydrogen-bond donors (Lipinski definition) is 1. The van der Waals surface area contributed by atoms with Crippen LogP contribution in [-0.4, -0.2) is 24.4 Å². The van der Waals surface area contributed by atoms with E-state index < -0.39 is 0 Å². The van der Waals surface area contributed by atoms with Crippen molar-refractivity contribution in [2.45, 2.75) is 45.3 Å². The predicted octanol–water partition coefficient (Wildman–Crippen LogP) is 2.86. The zero-order valence-electron chi connectivity index (χ0n) is 11.2. The first kappa shape index (κ1) is 13.4. The Labute approximate surface area is 109 Å². The minimum atomic E-state index is -0.329. The molecular formula is C15H22O3. The van der Waals surface area contributed by atoms with Crippen molar-refractivity contribution < 1.29 is 14.6 Å². The van der Waals surface area contributed by atoms with E-state index in [1.807, 2.05) is 32.0 Å². The lowest BCUT2D eigenvalue weighted by Gasteiger charge is -2.23. The van der Waals surface area contributed by atoms with E-state index in [0.717, 1.165) is 30.6 Å². The topological polar surface area (TPSA) is 38.7 Å². The van der Waals surface area contributed by atoms with Crippen molar-refractivity contribution in [3.8, 4) is 5.75 Å². The Balaban J connectivity index is 1.98. The van der Waals surface area contributed by atoms with Crippen LogP contribution in [0.3, 0.4) is 0 Å². The molecule has 2 rings (SSSR count). The lowest BCUT2D eigenvalue weighted by molar-refractivity contribution is 0.0548. The van der Waals surface area contributed by atoms with Gasteiger partial charge in [-0.15, -0.1) is 0 Å². The molecule has 0 aliphatic heterocycles. The number of rotatable bonds is 5. The third-order valence-corrected chi connectivity index (χ3v) is 3.22. The minimum Gasteiger partial charge on any atom is -0.491 e. The molecule has 1 aliphatic rings. The summed E-state index contributed by atoms with van der Waals surface area (Å²) in [6.07, 6.45) is 2.78. The van der Waals surface area contributed by atoms with Crippen LogP contribution >= 0.6 is 0 Å². The fourth-order valence-electron chi connectivity index (χ4n) is 2.36. The number of benzene rings is 1. The van der Waals surface area contributed by atoms with Crippen molar-refractivity contribution >= 4 is 0 Å². The van der Waals surface area contributed by atoms with Crippen LogP contribution < -0.4 is 4.74 Å². The third kappa shape index (κ3) is 3.24. The average molecular weight is 250 g/mol. The maximum Gasteiger partial charge on any atom is 0.122 e. The van der Waals surface area contributed by atoms with Gasteiger partial charge in [-0.2, -0.15) is 0 Å². The van der Waals surface area contributed by atoms with Crippen molar-refractivity contribution in [3.05, 3.63) is 29.3 Å². The Morgan fingerprint density at radius 1 is 1.33 bits per heavy atom. The van der Waals surface area contributed by atoms with E-state index in [-0.39, 0.29) is 12.2 Å². The monoisotopic (exact) mass is 250 g/mol. The fraction of sp³-hybridized carbons (Fsp3) is 0.600. The second-order valence-electron chi connectivity index (χ2n) is 5.00. The Bertz CT molecular complexity index is 387. The van der Waals surface area contributed by atoms with Gasteiger partial charge in [0.25, 0.3) is 0 Å². The normalized spacial score (nSPS) is 18.8. The molecular weight excluding hydrogens is 228 g/mol. The summed E-state index contributed by atoms with van der Waals surface area (Å²) >= 11 is 0. The molecule has 0 bridgehead atoms. The van der Waals surface area contributed by atoms with Crippen molar-refractivity contribution in [3.63, 3.8) is 0 Å². The van der Waals surface area contributed by atoms with Crippen LogP contribution in [0.25, 0.3) is 0 Å². The standard InChI is InChI=1S/C15H22O3/c1-11(2)17-9-10-18-15-8-4-5-12-13(15)6-3-7-14(12)16/h4-5,8,11,14,16H,3,6-7,9-10H2,1-2H3. The van der Waals surface area contributed by atoms with Gasteiger partial charge in [-0.3, -0.25) is 0 Å². The Hall–Kier alpha value is -1.06. The molecule has 1 unspecified atom stereocenters.